The molecule has 0 saturated heterocycles. The molecule has 2 rings (SSSR count). The Bertz CT molecular complexity index is 463. The van der Waals surface area contributed by atoms with Crippen LogP contribution in [-0.4, -0.2) is 37.1 Å². The predicted octanol–water partition coefficient (Wildman–Crippen LogP) is 1.55. The fourth-order valence-corrected chi connectivity index (χ4v) is 1.59. The number of nitrogens with one attached hydrogen (secondary N) is 2. The first-order valence-corrected chi connectivity index (χ1v) is 6.50. The highest BCUT2D eigenvalue weighted by atomic mass is 19.3. The van der Waals surface area contributed by atoms with Crippen LogP contribution in [0.1, 0.15) is 18.4 Å². The first-order chi connectivity index (χ1) is 9.67. The molecule has 5 nitrogen and oxygen atoms in total. The van der Waals surface area contributed by atoms with Gasteiger partial charge in [-0.2, -0.15) is 0 Å². The Kier molecular flexibility index (Phi) is 5.09. The molecule has 20 heavy (non-hydrogen) atoms. The third-order valence-electron chi connectivity index (χ3n) is 2.76. The van der Waals surface area contributed by atoms with Gasteiger partial charge >= 0.3 is 0 Å². The Morgan fingerprint density at radius 1 is 1.55 bits per heavy atom. The first-order valence-electron chi connectivity index (χ1n) is 6.50. The van der Waals surface area contributed by atoms with Gasteiger partial charge in [0.1, 0.15) is 0 Å². The summed E-state index contributed by atoms with van der Waals surface area (Å²) in [7, 11) is 1.71. The highest BCUT2D eigenvalue weighted by molar-refractivity contribution is 5.80. The van der Waals surface area contributed by atoms with Crippen molar-refractivity contribution in [2.24, 2.45) is 4.99 Å². The van der Waals surface area contributed by atoms with Gasteiger partial charge in [0.05, 0.1) is 0 Å². The molecule has 1 saturated carbocycles. The third kappa shape index (κ3) is 4.99. The van der Waals surface area contributed by atoms with Crippen LogP contribution in [0.15, 0.2) is 23.3 Å². The minimum Gasteiger partial charge on any atom is -0.472 e. The van der Waals surface area contributed by atoms with Crippen LogP contribution in [-0.2, 0) is 6.54 Å². The SMILES string of the molecule is CN=C(NCc1ccnc(OCC(F)F)c1)NC1CC1. The van der Waals surface area contributed by atoms with E-state index in [-0.39, 0.29) is 5.88 Å². The van der Waals surface area contributed by atoms with Gasteiger partial charge in [0.25, 0.3) is 6.43 Å². The quantitative estimate of drug-likeness (QED) is 0.615. The largest absolute Gasteiger partial charge is 0.472 e. The highest BCUT2D eigenvalue weighted by Crippen LogP contribution is 2.18. The van der Waals surface area contributed by atoms with E-state index in [1.165, 1.54) is 19.0 Å². The second kappa shape index (κ2) is 7.02. The van der Waals surface area contributed by atoms with E-state index >= 15 is 0 Å². The molecular weight excluding hydrogens is 266 g/mol. The number of aromatic nitrogens is 1. The summed E-state index contributed by atoms with van der Waals surface area (Å²) < 4.78 is 29.0. The van der Waals surface area contributed by atoms with Gasteiger partial charge in [-0.05, 0) is 24.5 Å². The molecule has 0 aliphatic heterocycles. The molecule has 0 spiro atoms. The molecule has 0 unspecified atom stereocenters. The topological polar surface area (TPSA) is 58.5 Å². The van der Waals surface area contributed by atoms with Crippen molar-refractivity contribution in [3.63, 3.8) is 0 Å². The average Bonchev–Trinajstić information content (AvgIpc) is 3.25. The maximum absolute atomic E-state index is 12.1. The van der Waals surface area contributed by atoms with Crippen LogP contribution in [0.4, 0.5) is 8.78 Å². The van der Waals surface area contributed by atoms with Crippen LogP contribution in [0.25, 0.3) is 0 Å². The summed E-state index contributed by atoms with van der Waals surface area (Å²) in [4.78, 5) is 8.00. The molecule has 1 heterocycles. The lowest BCUT2D eigenvalue weighted by Gasteiger charge is -2.11. The van der Waals surface area contributed by atoms with Crippen LogP contribution >= 0.6 is 0 Å². The maximum Gasteiger partial charge on any atom is 0.272 e. The molecule has 0 atom stereocenters. The molecule has 0 radical (unpaired) electrons. The second-order valence-electron chi connectivity index (χ2n) is 4.55. The summed E-state index contributed by atoms with van der Waals surface area (Å²) in [6.07, 6.45) is 1.37. The zero-order chi connectivity index (χ0) is 14.4. The van der Waals surface area contributed by atoms with Gasteiger partial charge in [0.2, 0.25) is 5.88 Å². The number of ether oxygens (including phenoxy) is 1. The molecule has 0 bridgehead atoms. The summed E-state index contributed by atoms with van der Waals surface area (Å²) in [5.74, 6) is 0.939. The molecule has 1 fully saturated rings. The summed E-state index contributed by atoms with van der Waals surface area (Å²) >= 11 is 0. The van der Waals surface area contributed by atoms with Crippen molar-refractivity contribution in [3.8, 4) is 5.88 Å². The number of pyridine rings is 1. The Balaban J connectivity index is 1.83. The first kappa shape index (κ1) is 14.5. The number of nitrogens with zero attached hydrogens (tertiary/aromatic N) is 2. The molecule has 1 aromatic heterocycles. The smallest absolute Gasteiger partial charge is 0.272 e. The van der Waals surface area contributed by atoms with E-state index in [9.17, 15) is 8.78 Å². The average molecular weight is 284 g/mol. The molecule has 7 heteroatoms. The van der Waals surface area contributed by atoms with Crippen molar-refractivity contribution < 1.29 is 13.5 Å². The number of guanidine groups is 1. The summed E-state index contributed by atoms with van der Waals surface area (Å²) in [6, 6.07) is 3.95. The van der Waals surface area contributed by atoms with Crippen molar-refractivity contribution >= 4 is 5.96 Å². The number of hydrogen-bond acceptors (Lipinski definition) is 3. The zero-order valence-corrected chi connectivity index (χ0v) is 11.3. The molecule has 2 N–H and O–H groups in total. The van der Waals surface area contributed by atoms with Gasteiger partial charge < -0.3 is 15.4 Å². The van der Waals surface area contributed by atoms with Crippen molar-refractivity contribution in [2.75, 3.05) is 13.7 Å². The lowest BCUT2D eigenvalue weighted by atomic mass is 10.2. The summed E-state index contributed by atoms with van der Waals surface area (Å²) in [5, 5.41) is 6.41. The Hall–Kier alpha value is -1.92. The van der Waals surface area contributed by atoms with E-state index in [1.807, 2.05) is 0 Å². The van der Waals surface area contributed by atoms with Gasteiger partial charge in [-0.25, -0.2) is 13.8 Å². The zero-order valence-electron chi connectivity index (χ0n) is 11.3. The fraction of sp³-hybridized carbons (Fsp3) is 0.538. The fourth-order valence-electron chi connectivity index (χ4n) is 1.59. The van der Waals surface area contributed by atoms with E-state index in [4.69, 9.17) is 4.74 Å². The highest BCUT2D eigenvalue weighted by Gasteiger charge is 2.21. The Labute approximate surface area is 116 Å². The second-order valence-corrected chi connectivity index (χ2v) is 4.55. The standard InChI is InChI=1S/C13H18F2N4O/c1-16-13(19-10-2-3-10)18-7-9-4-5-17-12(6-9)20-8-11(14)15/h4-6,10-11H,2-3,7-8H2,1H3,(H2,16,18,19). The normalized spacial score (nSPS) is 15.3. The maximum atomic E-state index is 12.1. The minimum atomic E-state index is -2.50. The van der Waals surface area contributed by atoms with Gasteiger partial charge in [-0.1, -0.05) is 0 Å². The number of alkyl halides is 2. The molecule has 110 valence electrons. The number of halogens is 2. The van der Waals surface area contributed by atoms with Crippen LogP contribution in [0, 0.1) is 0 Å². The van der Waals surface area contributed by atoms with Crippen molar-refractivity contribution in [1.82, 2.24) is 15.6 Å². The Morgan fingerprint density at radius 2 is 2.35 bits per heavy atom. The van der Waals surface area contributed by atoms with Crippen molar-refractivity contribution in [2.45, 2.75) is 31.9 Å². The van der Waals surface area contributed by atoms with E-state index in [0.29, 0.717) is 12.6 Å². The van der Waals surface area contributed by atoms with Crippen LogP contribution in [0.2, 0.25) is 0 Å². The number of hydrogen-bond donors (Lipinski definition) is 2. The molecule has 1 aliphatic carbocycles. The lowest BCUT2D eigenvalue weighted by Crippen LogP contribution is -2.38. The van der Waals surface area contributed by atoms with Gasteiger partial charge in [-0.15, -0.1) is 0 Å². The number of rotatable bonds is 6. The van der Waals surface area contributed by atoms with Crippen LogP contribution < -0.4 is 15.4 Å². The van der Waals surface area contributed by atoms with Gasteiger partial charge in [0, 0.05) is 31.9 Å². The van der Waals surface area contributed by atoms with Crippen LogP contribution in [0.3, 0.4) is 0 Å². The number of aliphatic imine (C=N–C) groups is 1. The van der Waals surface area contributed by atoms with E-state index < -0.39 is 13.0 Å². The summed E-state index contributed by atoms with van der Waals surface area (Å²) in [6.45, 7) is -0.116. The predicted molar refractivity (Wildman–Crippen MR) is 72.1 cm³/mol. The van der Waals surface area contributed by atoms with Crippen molar-refractivity contribution in [1.29, 1.82) is 0 Å². The van der Waals surface area contributed by atoms with E-state index in [1.54, 1.807) is 19.2 Å². The van der Waals surface area contributed by atoms with E-state index in [2.05, 4.69) is 20.6 Å². The molecular formula is C13H18F2N4O. The third-order valence-corrected chi connectivity index (χ3v) is 2.76. The monoisotopic (exact) mass is 284 g/mol. The lowest BCUT2D eigenvalue weighted by molar-refractivity contribution is 0.0795. The summed E-state index contributed by atoms with van der Waals surface area (Å²) in [5.41, 5.74) is 0.892. The van der Waals surface area contributed by atoms with Gasteiger partial charge in [-0.3, -0.25) is 4.99 Å². The van der Waals surface area contributed by atoms with E-state index in [0.717, 1.165) is 11.5 Å². The molecule has 0 aromatic carbocycles. The molecule has 1 aromatic rings. The van der Waals surface area contributed by atoms with Crippen LogP contribution in [0.5, 0.6) is 5.88 Å². The molecule has 0 amide bonds. The molecule has 1 aliphatic rings. The van der Waals surface area contributed by atoms with Crippen molar-refractivity contribution in [3.05, 3.63) is 23.9 Å². The Morgan fingerprint density at radius 3 is 3.00 bits per heavy atom. The minimum absolute atomic E-state index is 0.203. The van der Waals surface area contributed by atoms with Gasteiger partial charge in [0.15, 0.2) is 12.6 Å².